The first-order valence-corrected chi connectivity index (χ1v) is 6.05. The van der Waals surface area contributed by atoms with Gasteiger partial charge in [-0.3, -0.25) is 0 Å². The molecule has 0 N–H and O–H groups in total. The molecule has 0 atom stereocenters. The summed E-state index contributed by atoms with van der Waals surface area (Å²) in [6.07, 6.45) is 0. The predicted octanol–water partition coefficient (Wildman–Crippen LogP) is 3.02. The Morgan fingerprint density at radius 1 is 1.00 bits per heavy atom. The van der Waals surface area contributed by atoms with E-state index >= 15 is 0 Å². The van der Waals surface area contributed by atoms with Gasteiger partial charge in [0.25, 0.3) is 0 Å². The van der Waals surface area contributed by atoms with Crippen LogP contribution in [0.15, 0.2) is 59.6 Å². The summed E-state index contributed by atoms with van der Waals surface area (Å²) >= 11 is 0. The molecule has 0 radical (unpaired) electrons. The minimum atomic E-state index is -0.248. The van der Waals surface area contributed by atoms with Crippen LogP contribution in [0.4, 0.5) is 10.1 Å². The minimum absolute atomic E-state index is 0.248. The van der Waals surface area contributed by atoms with Crippen LogP contribution >= 0.6 is 0 Å². The largest absolute Gasteiger partial charge is 0.339 e. The van der Waals surface area contributed by atoms with Crippen LogP contribution in [-0.2, 0) is 4.74 Å². The van der Waals surface area contributed by atoms with Crippen molar-refractivity contribution < 1.29 is 9.13 Å². The van der Waals surface area contributed by atoms with Crippen LogP contribution in [0, 0.1) is 5.82 Å². The van der Waals surface area contributed by atoms with E-state index in [0.717, 1.165) is 17.1 Å². The maximum absolute atomic E-state index is 13.0. The monoisotopic (exact) mass is 256 g/mol. The lowest BCUT2D eigenvalue weighted by Gasteiger charge is -2.29. The maximum atomic E-state index is 13.0. The lowest BCUT2D eigenvalue weighted by atomic mass is 10.1. The Hall–Kier alpha value is -2.20. The van der Waals surface area contributed by atoms with Gasteiger partial charge in [0.15, 0.2) is 0 Å². The number of hydrogen-bond acceptors (Lipinski definition) is 3. The molecule has 1 heterocycles. The van der Waals surface area contributed by atoms with E-state index in [4.69, 9.17) is 4.74 Å². The molecule has 96 valence electrons. The number of nitrogens with zero attached hydrogens (tertiary/aromatic N) is 2. The fourth-order valence-electron chi connectivity index (χ4n) is 2.04. The molecule has 2 aromatic rings. The smallest absolute Gasteiger partial charge is 0.142 e. The molecule has 2 aromatic carbocycles. The van der Waals surface area contributed by atoms with Gasteiger partial charge in [-0.25, -0.2) is 9.38 Å². The second kappa shape index (κ2) is 5.20. The molecule has 0 unspecified atom stereocenters. The maximum Gasteiger partial charge on any atom is 0.142 e. The van der Waals surface area contributed by atoms with Crippen molar-refractivity contribution in [2.45, 2.75) is 0 Å². The Bertz CT molecular complexity index is 581. The fraction of sp³-hybridized carbons (Fsp3) is 0.133. The Balaban J connectivity index is 1.98. The average Bonchev–Trinajstić information content (AvgIpc) is 2.49. The lowest BCUT2D eigenvalue weighted by Crippen LogP contribution is -2.37. The molecule has 0 spiro atoms. The third-order valence-electron chi connectivity index (χ3n) is 2.95. The third kappa shape index (κ3) is 2.48. The van der Waals surface area contributed by atoms with E-state index in [1.165, 1.54) is 12.1 Å². The van der Waals surface area contributed by atoms with Crippen LogP contribution < -0.4 is 4.90 Å². The second-order valence-electron chi connectivity index (χ2n) is 4.21. The SMILES string of the molecule is Fc1ccc(C2=NCOCN2c2ccccc2)cc1. The predicted molar refractivity (Wildman–Crippen MR) is 72.7 cm³/mol. The normalized spacial score (nSPS) is 15.2. The standard InChI is InChI=1S/C15H13FN2O/c16-13-8-6-12(7-9-13)15-17-10-19-11-18(15)14-4-2-1-3-5-14/h1-9H,10-11H2. The van der Waals surface area contributed by atoms with Gasteiger partial charge < -0.3 is 9.64 Å². The van der Waals surface area contributed by atoms with E-state index in [1.54, 1.807) is 12.1 Å². The van der Waals surface area contributed by atoms with Crippen LogP contribution in [0.5, 0.6) is 0 Å². The second-order valence-corrected chi connectivity index (χ2v) is 4.21. The molecule has 0 fully saturated rings. The van der Waals surface area contributed by atoms with Gasteiger partial charge in [0.05, 0.1) is 0 Å². The molecule has 1 aliphatic rings. The highest BCUT2D eigenvalue weighted by Gasteiger charge is 2.18. The summed E-state index contributed by atoms with van der Waals surface area (Å²) in [5.41, 5.74) is 1.89. The molecule has 4 heteroatoms. The van der Waals surface area contributed by atoms with Gasteiger partial charge in [-0.15, -0.1) is 0 Å². The van der Waals surface area contributed by atoms with Crippen LogP contribution in [0.25, 0.3) is 0 Å². The Labute approximate surface area is 111 Å². The first-order valence-electron chi connectivity index (χ1n) is 6.05. The van der Waals surface area contributed by atoms with Crippen molar-refractivity contribution in [1.29, 1.82) is 0 Å². The molecule has 0 aromatic heterocycles. The van der Waals surface area contributed by atoms with E-state index < -0.39 is 0 Å². The highest BCUT2D eigenvalue weighted by atomic mass is 19.1. The topological polar surface area (TPSA) is 24.8 Å². The summed E-state index contributed by atoms with van der Waals surface area (Å²) in [4.78, 5) is 6.35. The zero-order valence-electron chi connectivity index (χ0n) is 10.3. The highest BCUT2D eigenvalue weighted by Crippen LogP contribution is 2.20. The Morgan fingerprint density at radius 3 is 2.47 bits per heavy atom. The molecule has 0 saturated heterocycles. The molecule has 19 heavy (non-hydrogen) atoms. The molecule has 0 aliphatic carbocycles. The third-order valence-corrected chi connectivity index (χ3v) is 2.95. The quantitative estimate of drug-likeness (QED) is 0.825. The summed E-state index contributed by atoms with van der Waals surface area (Å²) in [7, 11) is 0. The highest BCUT2D eigenvalue weighted by molar-refractivity contribution is 6.10. The van der Waals surface area contributed by atoms with E-state index in [9.17, 15) is 4.39 Å². The summed E-state index contributed by atoms with van der Waals surface area (Å²) in [5.74, 6) is 0.556. The number of hydrogen-bond donors (Lipinski definition) is 0. The molecule has 0 bridgehead atoms. The number of para-hydroxylation sites is 1. The van der Waals surface area contributed by atoms with E-state index in [1.807, 2.05) is 35.2 Å². The van der Waals surface area contributed by atoms with E-state index in [0.29, 0.717) is 13.5 Å². The molecule has 1 aliphatic heterocycles. The van der Waals surface area contributed by atoms with Gasteiger partial charge >= 0.3 is 0 Å². The van der Waals surface area contributed by atoms with E-state index in [-0.39, 0.29) is 5.82 Å². The Kier molecular flexibility index (Phi) is 3.25. The van der Waals surface area contributed by atoms with Gasteiger partial charge in [0.2, 0.25) is 0 Å². The first kappa shape index (κ1) is 11.9. The van der Waals surface area contributed by atoms with Gasteiger partial charge in [0.1, 0.15) is 25.1 Å². The molecule has 0 amide bonds. The minimum Gasteiger partial charge on any atom is -0.339 e. The summed E-state index contributed by atoms with van der Waals surface area (Å²) in [6, 6.07) is 16.2. The average molecular weight is 256 g/mol. The number of aliphatic imine (C=N–C) groups is 1. The zero-order chi connectivity index (χ0) is 13.1. The number of ether oxygens (including phenoxy) is 1. The Morgan fingerprint density at radius 2 is 1.74 bits per heavy atom. The van der Waals surface area contributed by atoms with Gasteiger partial charge in [0, 0.05) is 11.3 Å². The first-order chi connectivity index (χ1) is 9.34. The molecule has 3 nitrogen and oxygen atoms in total. The number of benzene rings is 2. The number of rotatable bonds is 2. The number of halogens is 1. The number of amidine groups is 1. The van der Waals surface area contributed by atoms with Crippen molar-refractivity contribution in [2.75, 3.05) is 18.4 Å². The van der Waals surface area contributed by atoms with Crippen molar-refractivity contribution in [1.82, 2.24) is 0 Å². The summed E-state index contributed by atoms with van der Waals surface area (Å²) in [6.45, 7) is 0.774. The van der Waals surface area contributed by atoms with Crippen molar-refractivity contribution >= 4 is 11.5 Å². The number of anilines is 1. The van der Waals surface area contributed by atoms with Crippen LogP contribution in [-0.4, -0.2) is 19.3 Å². The fourth-order valence-corrected chi connectivity index (χ4v) is 2.04. The van der Waals surface area contributed by atoms with Crippen molar-refractivity contribution in [3.05, 3.63) is 66.0 Å². The summed E-state index contributed by atoms with van der Waals surface area (Å²) in [5, 5.41) is 0. The van der Waals surface area contributed by atoms with Gasteiger partial charge in [-0.1, -0.05) is 18.2 Å². The molecule has 3 rings (SSSR count). The summed E-state index contributed by atoms with van der Waals surface area (Å²) < 4.78 is 18.4. The molecular weight excluding hydrogens is 243 g/mol. The van der Waals surface area contributed by atoms with Crippen molar-refractivity contribution in [2.24, 2.45) is 4.99 Å². The lowest BCUT2D eigenvalue weighted by molar-refractivity contribution is 0.141. The van der Waals surface area contributed by atoms with Crippen LogP contribution in [0.1, 0.15) is 5.56 Å². The van der Waals surface area contributed by atoms with Crippen molar-refractivity contribution in [3.63, 3.8) is 0 Å². The van der Waals surface area contributed by atoms with Gasteiger partial charge in [-0.2, -0.15) is 0 Å². The van der Waals surface area contributed by atoms with Crippen molar-refractivity contribution in [3.8, 4) is 0 Å². The van der Waals surface area contributed by atoms with Crippen LogP contribution in [0.3, 0.4) is 0 Å². The zero-order valence-corrected chi connectivity index (χ0v) is 10.3. The molecule has 0 saturated carbocycles. The van der Waals surface area contributed by atoms with E-state index in [2.05, 4.69) is 4.99 Å². The molecular formula is C15H13FN2O. The van der Waals surface area contributed by atoms with Gasteiger partial charge in [-0.05, 0) is 36.4 Å². The van der Waals surface area contributed by atoms with Crippen LogP contribution in [0.2, 0.25) is 0 Å².